The summed E-state index contributed by atoms with van der Waals surface area (Å²) in [6.07, 6.45) is 7.76. The normalized spacial score (nSPS) is 30.3. The first kappa shape index (κ1) is 13.1. The van der Waals surface area contributed by atoms with Crippen LogP contribution >= 0.6 is 0 Å². The Balaban J connectivity index is 1.60. The molecule has 0 amide bonds. The lowest BCUT2D eigenvalue weighted by molar-refractivity contribution is -0.00504. The van der Waals surface area contributed by atoms with Crippen molar-refractivity contribution in [1.82, 2.24) is 5.32 Å². The third-order valence-corrected chi connectivity index (χ3v) is 4.55. The van der Waals surface area contributed by atoms with E-state index in [9.17, 15) is 0 Å². The highest BCUT2D eigenvalue weighted by Crippen LogP contribution is 2.32. The van der Waals surface area contributed by atoms with Gasteiger partial charge < -0.3 is 10.1 Å². The molecule has 1 aromatic rings. The van der Waals surface area contributed by atoms with Crippen LogP contribution in [-0.4, -0.2) is 18.8 Å². The van der Waals surface area contributed by atoms with Crippen LogP contribution in [0.5, 0.6) is 0 Å². The molecule has 0 aromatic heterocycles. The fourth-order valence-electron chi connectivity index (χ4n) is 3.57. The van der Waals surface area contributed by atoms with Crippen molar-refractivity contribution in [2.24, 2.45) is 0 Å². The third-order valence-electron chi connectivity index (χ3n) is 4.55. The Bertz CT molecular complexity index is 415. The lowest BCUT2D eigenvalue weighted by Crippen LogP contribution is -2.40. The predicted molar refractivity (Wildman–Crippen MR) is 78.3 cm³/mol. The van der Waals surface area contributed by atoms with E-state index in [1.165, 1.54) is 49.7 Å². The Morgan fingerprint density at radius 3 is 3.05 bits per heavy atom. The lowest BCUT2D eigenvalue weighted by atomic mass is 9.98. The minimum atomic E-state index is 0.480. The fraction of sp³-hybridized carbons (Fsp3) is 0.647. The van der Waals surface area contributed by atoms with E-state index in [0.717, 1.165) is 6.61 Å². The van der Waals surface area contributed by atoms with Crippen molar-refractivity contribution in [3.05, 3.63) is 35.4 Å². The van der Waals surface area contributed by atoms with E-state index in [1.54, 1.807) is 0 Å². The van der Waals surface area contributed by atoms with E-state index >= 15 is 0 Å². The molecule has 1 N–H and O–H groups in total. The maximum atomic E-state index is 5.84. The SMILES string of the molecule is CCCC1CC(NC2CCc3ccccc32)CCO1. The molecule has 1 fully saturated rings. The zero-order chi connectivity index (χ0) is 13.1. The van der Waals surface area contributed by atoms with Gasteiger partial charge in [-0.2, -0.15) is 0 Å². The molecule has 3 atom stereocenters. The van der Waals surface area contributed by atoms with Gasteiger partial charge in [0, 0.05) is 18.7 Å². The molecule has 0 saturated carbocycles. The van der Waals surface area contributed by atoms with Crippen molar-refractivity contribution in [3.63, 3.8) is 0 Å². The number of aryl methyl sites for hydroxylation is 1. The zero-order valence-electron chi connectivity index (χ0n) is 11.9. The molecule has 2 heteroatoms. The first-order valence-corrected chi connectivity index (χ1v) is 7.82. The van der Waals surface area contributed by atoms with Gasteiger partial charge in [-0.3, -0.25) is 0 Å². The van der Waals surface area contributed by atoms with E-state index < -0.39 is 0 Å². The number of rotatable bonds is 4. The summed E-state index contributed by atoms with van der Waals surface area (Å²) in [4.78, 5) is 0. The molecule has 0 bridgehead atoms. The zero-order valence-corrected chi connectivity index (χ0v) is 11.9. The molecular weight excluding hydrogens is 234 g/mol. The van der Waals surface area contributed by atoms with E-state index in [0.29, 0.717) is 18.2 Å². The second-order valence-electron chi connectivity index (χ2n) is 5.96. The van der Waals surface area contributed by atoms with E-state index in [-0.39, 0.29) is 0 Å². The van der Waals surface area contributed by atoms with Crippen LogP contribution in [0.3, 0.4) is 0 Å². The molecule has 2 aliphatic rings. The molecule has 1 aliphatic heterocycles. The van der Waals surface area contributed by atoms with Gasteiger partial charge in [-0.1, -0.05) is 37.6 Å². The Labute approximate surface area is 116 Å². The van der Waals surface area contributed by atoms with E-state index in [2.05, 4.69) is 36.5 Å². The van der Waals surface area contributed by atoms with Gasteiger partial charge in [0.15, 0.2) is 0 Å². The predicted octanol–water partition coefficient (Wildman–Crippen LogP) is 3.61. The van der Waals surface area contributed by atoms with Gasteiger partial charge in [0.2, 0.25) is 0 Å². The monoisotopic (exact) mass is 259 g/mol. The lowest BCUT2D eigenvalue weighted by Gasteiger charge is -2.32. The van der Waals surface area contributed by atoms with Crippen molar-refractivity contribution in [2.45, 2.75) is 63.6 Å². The summed E-state index contributed by atoms with van der Waals surface area (Å²) in [6.45, 7) is 3.17. The number of benzene rings is 1. The van der Waals surface area contributed by atoms with Crippen LogP contribution in [0.2, 0.25) is 0 Å². The number of hydrogen-bond acceptors (Lipinski definition) is 2. The highest BCUT2D eigenvalue weighted by atomic mass is 16.5. The first-order valence-electron chi connectivity index (χ1n) is 7.82. The minimum absolute atomic E-state index is 0.480. The van der Waals surface area contributed by atoms with Crippen molar-refractivity contribution in [1.29, 1.82) is 0 Å². The first-order chi connectivity index (χ1) is 9.36. The Hall–Kier alpha value is -0.860. The molecule has 19 heavy (non-hydrogen) atoms. The number of fused-ring (bicyclic) bond motifs is 1. The van der Waals surface area contributed by atoms with Crippen molar-refractivity contribution < 1.29 is 4.74 Å². The average molecular weight is 259 g/mol. The maximum absolute atomic E-state index is 5.84. The van der Waals surface area contributed by atoms with E-state index in [1.807, 2.05) is 0 Å². The highest BCUT2D eigenvalue weighted by Gasteiger charge is 2.27. The van der Waals surface area contributed by atoms with Gasteiger partial charge in [-0.05, 0) is 43.2 Å². The Kier molecular flexibility index (Phi) is 4.19. The minimum Gasteiger partial charge on any atom is -0.378 e. The molecule has 1 aliphatic carbocycles. The summed E-state index contributed by atoms with van der Waals surface area (Å²) in [7, 11) is 0. The largest absolute Gasteiger partial charge is 0.378 e. The quantitative estimate of drug-likeness (QED) is 0.892. The van der Waals surface area contributed by atoms with Gasteiger partial charge in [-0.25, -0.2) is 0 Å². The number of nitrogens with one attached hydrogen (secondary N) is 1. The van der Waals surface area contributed by atoms with Crippen LogP contribution < -0.4 is 5.32 Å². The Morgan fingerprint density at radius 2 is 2.16 bits per heavy atom. The molecule has 104 valence electrons. The van der Waals surface area contributed by atoms with Crippen LogP contribution in [-0.2, 0) is 11.2 Å². The smallest absolute Gasteiger partial charge is 0.0589 e. The summed E-state index contributed by atoms with van der Waals surface area (Å²) < 4.78 is 5.84. The van der Waals surface area contributed by atoms with E-state index in [4.69, 9.17) is 4.74 Å². The van der Waals surface area contributed by atoms with Gasteiger partial charge in [0.25, 0.3) is 0 Å². The van der Waals surface area contributed by atoms with Crippen LogP contribution in [0.4, 0.5) is 0 Å². The second-order valence-corrected chi connectivity index (χ2v) is 5.96. The standard InChI is InChI=1S/C17H25NO/c1-2-5-15-12-14(10-11-19-15)18-17-9-8-13-6-3-4-7-16(13)17/h3-4,6-7,14-15,17-18H,2,5,8-12H2,1H3. The van der Waals surface area contributed by atoms with Gasteiger partial charge in [0.1, 0.15) is 0 Å². The fourth-order valence-corrected chi connectivity index (χ4v) is 3.57. The summed E-state index contributed by atoms with van der Waals surface area (Å²) in [5.41, 5.74) is 3.07. The molecule has 1 heterocycles. The molecule has 1 aromatic carbocycles. The molecular formula is C17H25NO. The van der Waals surface area contributed by atoms with Crippen LogP contribution in [0.1, 0.15) is 56.2 Å². The number of hydrogen-bond donors (Lipinski definition) is 1. The van der Waals surface area contributed by atoms with Gasteiger partial charge in [-0.15, -0.1) is 0 Å². The molecule has 3 rings (SSSR count). The van der Waals surface area contributed by atoms with Crippen LogP contribution in [0.15, 0.2) is 24.3 Å². The molecule has 0 spiro atoms. The van der Waals surface area contributed by atoms with Gasteiger partial charge >= 0.3 is 0 Å². The molecule has 3 unspecified atom stereocenters. The van der Waals surface area contributed by atoms with Gasteiger partial charge in [0.05, 0.1) is 6.10 Å². The summed E-state index contributed by atoms with van der Waals surface area (Å²) in [5, 5.41) is 3.88. The number of ether oxygens (including phenoxy) is 1. The highest BCUT2D eigenvalue weighted by molar-refractivity contribution is 5.34. The second kappa shape index (κ2) is 6.06. The maximum Gasteiger partial charge on any atom is 0.0589 e. The third kappa shape index (κ3) is 3.01. The van der Waals surface area contributed by atoms with Crippen molar-refractivity contribution in [3.8, 4) is 0 Å². The van der Waals surface area contributed by atoms with Crippen LogP contribution in [0.25, 0.3) is 0 Å². The molecule has 1 saturated heterocycles. The average Bonchev–Trinajstić information content (AvgIpc) is 2.83. The summed E-state index contributed by atoms with van der Waals surface area (Å²) >= 11 is 0. The summed E-state index contributed by atoms with van der Waals surface area (Å²) in [5.74, 6) is 0. The molecule has 2 nitrogen and oxygen atoms in total. The topological polar surface area (TPSA) is 21.3 Å². The molecule has 0 radical (unpaired) electrons. The van der Waals surface area contributed by atoms with Crippen LogP contribution in [0, 0.1) is 0 Å². The van der Waals surface area contributed by atoms with Crippen molar-refractivity contribution >= 4 is 0 Å². The summed E-state index contributed by atoms with van der Waals surface area (Å²) in [6, 6.07) is 10.1. The van der Waals surface area contributed by atoms with Crippen molar-refractivity contribution in [2.75, 3.05) is 6.61 Å². The Morgan fingerprint density at radius 1 is 1.26 bits per heavy atom.